The van der Waals surface area contributed by atoms with Crippen LogP contribution in [0.3, 0.4) is 0 Å². The summed E-state index contributed by atoms with van der Waals surface area (Å²) in [6.07, 6.45) is 0.585. The molecular formula is C13H25NO3S. The van der Waals surface area contributed by atoms with Gasteiger partial charge in [-0.15, -0.1) is 11.8 Å². The Bertz CT molecular complexity index is 284. The summed E-state index contributed by atoms with van der Waals surface area (Å²) in [6.45, 7) is 10.3. The Hall–Kier alpha value is -0.710. The zero-order valence-corrected chi connectivity index (χ0v) is 12.8. The minimum atomic E-state index is -0.840. The van der Waals surface area contributed by atoms with E-state index in [2.05, 4.69) is 5.32 Å². The molecule has 0 saturated heterocycles. The van der Waals surface area contributed by atoms with E-state index in [1.165, 1.54) is 0 Å². The maximum atomic E-state index is 11.6. The average molecular weight is 275 g/mol. The van der Waals surface area contributed by atoms with Gasteiger partial charge in [-0.1, -0.05) is 34.6 Å². The number of hydrogen-bond donors (Lipinski definition) is 2. The first-order chi connectivity index (χ1) is 8.11. The number of carbonyl (C=O) groups is 2. The zero-order valence-electron chi connectivity index (χ0n) is 11.9. The molecule has 1 unspecified atom stereocenters. The Morgan fingerprint density at radius 1 is 1.28 bits per heavy atom. The van der Waals surface area contributed by atoms with Crippen molar-refractivity contribution in [2.24, 2.45) is 11.8 Å². The van der Waals surface area contributed by atoms with Gasteiger partial charge in [0, 0.05) is 11.3 Å². The third-order valence-electron chi connectivity index (χ3n) is 2.29. The minimum absolute atomic E-state index is 0.0431. The monoisotopic (exact) mass is 275 g/mol. The van der Waals surface area contributed by atoms with Crippen molar-refractivity contribution >= 4 is 23.6 Å². The van der Waals surface area contributed by atoms with E-state index in [-0.39, 0.29) is 17.2 Å². The molecule has 0 saturated carbocycles. The molecule has 1 amide bonds. The highest BCUT2D eigenvalue weighted by Crippen LogP contribution is 2.22. The maximum Gasteiger partial charge on any atom is 0.308 e. The summed E-state index contributed by atoms with van der Waals surface area (Å²) in [5.41, 5.74) is 0. The van der Waals surface area contributed by atoms with Crippen LogP contribution < -0.4 is 5.32 Å². The molecule has 0 aromatic carbocycles. The van der Waals surface area contributed by atoms with Crippen molar-refractivity contribution in [1.82, 2.24) is 5.32 Å². The summed E-state index contributed by atoms with van der Waals surface area (Å²) >= 11 is 1.56. The molecule has 0 aliphatic carbocycles. The molecular weight excluding hydrogens is 250 g/mol. The van der Waals surface area contributed by atoms with E-state index >= 15 is 0 Å². The first-order valence-corrected chi connectivity index (χ1v) is 7.24. The van der Waals surface area contributed by atoms with Gasteiger partial charge >= 0.3 is 5.97 Å². The molecule has 2 N–H and O–H groups in total. The van der Waals surface area contributed by atoms with E-state index in [1.54, 1.807) is 11.8 Å². The lowest BCUT2D eigenvalue weighted by atomic mass is 9.97. The van der Waals surface area contributed by atoms with Crippen LogP contribution in [0.1, 0.15) is 41.0 Å². The molecule has 0 spiro atoms. The molecule has 0 aliphatic rings. The van der Waals surface area contributed by atoms with Crippen LogP contribution in [0.4, 0.5) is 0 Å². The van der Waals surface area contributed by atoms with Crippen molar-refractivity contribution in [1.29, 1.82) is 0 Å². The van der Waals surface area contributed by atoms with Crippen LogP contribution in [0.25, 0.3) is 0 Å². The van der Waals surface area contributed by atoms with Crippen molar-refractivity contribution in [3.8, 4) is 0 Å². The Morgan fingerprint density at radius 3 is 2.22 bits per heavy atom. The molecule has 1 atom stereocenters. The summed E-state index contributed by atoms with van der Waals surface area (Å²) in [4.78, 5) is 22.6. The van der Waals surface area contributed by atoms with Gasteiger partial charge in [-0.3, -0.25) is 9.59 Å². The Kier molecular flexibility index (Phi) is 7.36. The molecule has 0 heterocycles. The smallest absolute Gasteiger partial charge is 0.308 e. The molecule has 106 valence electrons. The number of nitrogens with one attached hydrogen (secondary N) is 1. The van der Waals surface area contributed by atoms with Crippen LogP contribution in [-0.2, 0) is 9.59 Å². The van der Waals surface area contributed by atoms with Crippen LogP contribution in [0, 0.1) is 11.8 Å². The molecule has 4 nitrogen and oxygen atoms in total. The van der Waals surface area contributed by atoms with Gasteiger partial charge in [-0.05, 0) is 12.3 Å². The Balaban J connectivity index is 4.04. The number of carboxylic acid groups (broad SMARTS) is 1. The lowest BCUT2D eigenvalue weighted by molar-refractivity contribution is -0.142. The molecule has 0 radical (unpaired) electrons. The SMILES string of the molecule is CC(C)CC(CNC(=O)CSC(C)(C)C)C(=O)O. The van der Waals surface area contributed by atoms with E-state index in [1.807, 2.05) is 34.6 Å². The van der Waals surface area contributed by atoms with Crippen LogP contribution in [0.2, 0.25) is 0 Å². The number of carboxylic acids is 1. The van der Waals surface area contributed by atoms with Crippen molar-refractivity contribution in [3.63, 3.8) is 0 Å². The molecule has 0 rings (SSSR count). The summed E-state index contributed by atoms with van der Waals surface area (Å²) in [7, 11) is 0. The normalized spacial score (nSPS) is 13.4. The largest absolute Gasteiger partial charge is 0.481 e. The van der Waals surface area contributed by atoms with Crippen LogP contribution in [0.5, 0.6) is 0 Å². The summed E-state index contributed by atoms with van der Waals surface area (Å²) in [5.74, 6) is -0.740. The van der Waals surface area contributed by atoms with E-state index in [4.69, 9.17) is 5.11 Å². The number of carbonyl (C=O) groups excluding carboxylic acids is 1. The molecule has 0 fully saturated rings. The topological polar surface area (TPSA) is 66.4 Å². The van der Waals surface area contributed by atoms with Gasteiger partial charge < -0.3 is 10.4 Å². The zero-order chi connectivity index (χ0) is 14.3. The molecule has 5 heteroatoms. The lowest BCUT2D eigenvalue weighted by Crippen LogP contribution is -2.35. The number of rotatable bonds is 7. The first-order valence-electron chi connectivity index (χ1n) is 6.25. The van der Waals surface area contributed by atoms with Gasteiger partial charge in [0.15, 0.2) is 0 Å². The highest BCUT2D eigenvalue weighted by molar-refractivity contribution is 8.01. The van der Waals surface area contributed by atoms with E-state index in [0.29, 0.717) is 18.1 Å². The van der Waals surface area contributed by atoms with Crippen molar-refractivity contribution in [2.45, 2.75) is 45.8 Å². The van der Waals surface area contributed by atoms with Crippen LogP contribution in [-0.4, -0.2) is 34.0 Å². The van der Waals surface area contributed by atoms with Gasteiger partial charge in [0.25, 0.3) is 0 Å². The number of thioether (sulfide) groups is 1. The fourth-order valence-electron chi connectivity index (χ4n) is 1.41. The third-order valence-corrected chi connectivity index (χ3v) is 3.56. The molecule has 0 bridgehead atoms. The molecule has 0 aromatic rings. The fraction of sp³-hybridized carbons (Fsp3) is 0.846. The van der Waals surface area contributed by atoms with Crippen molar-refractivity contribution in [2.75, 3.05) is 12.3 Å². The summed E-state index contributed by atoms with van der Waals surface area (Å²) in [5, 5.41) is 11.7. The number of amides is 1. The Morgan fingerprint density at radius 2 is 1.83 bits per heavy atom. The summed E-state index contributed by atoms with van der Waals surface area (Å²) < 4.78 is 0.0431. The highest BCUT2D eigenvalue weighted by atomic mass is 32.2. The highest BCUT2D eigenvalue weighted by Gasteiger charge is 2.20. The molecule has 0 aliphatic heterocycles. The maximum absolute atomic E-state index is 11.6. The lowest BCUT2D eigenvalue weighted by Gasteiger charge is -2.18. The standard InChI is InChI=1S/C13H25NO3S/c1-9(2)6-10(12(16)17)7-14-11(15)8-18-13(3,4)5/h9-10H,6-8H2,1-5H3,(H,14,15)(H,16,17). The third kappa shape index (κ3) is 9.33. The van der Waals surface area contributed by atoms with E-state index in [9.17, 15) is 9.59 Å². The number of aliphatic carboxylic acids is 1. The van der Waals surface area contributed by atoms with Crippen LogP contribution >= 0.6 is 11.8 Å². The minimum Gasteiger partial charge on any atom is -0.481 e. The van der Waals surface area contributed by atoms with Gasteiger partial charge in [-0.2, -0.15) is 0 Å². The van der Waals surface area contributed by atoms with Gasteiger partial charge in [0.1, 0.15) is 0 Å². The fourth-order valence-corrected chi connectivity index (χ4v) is 2.08. The molecule has 18 heavy (non-hydrogen) atoms. The second-order valence-electron chi connectivity index (χ2n) is 5.87. The Labute approximate surface area is 114 Å². The second-order valence-corrected chi connectivity index (χ2v) is 7.67. The number of hydrogen-bond acceptors (Lipinski definition) is 3. The van der Waals surface area contributed by atoms with E-state index in [0.717, 1.165) is 0 Å². The van der Waals surface area contributed by atoms with Crippen molar-refractivity contribution < 1.29 is 14.7 Å². The quantitative estimate of drug-likeness (QED) is 0.748. The predicted molar refractivity (Wildman–Crippen MR) is 75.8 cm³/mol. The van der Waals surface area contributed by atoms with Gasteiger partial charge in [0.05, 0.1) is 11.7 Å². The average Bonchev–Trinajstić information content (AvgIpc) is 2.19. The van der Waals surface area contributed by atoms with Gasteiger partial charge in [0.2, 0.25) is 5.91 Å². The summed E-state index contributed by atoms with van der Waals surface area (Å²) in [6, 6.07) is 0. The predicted octanol–water partition coefficient (Wildman–Crippen LogP) is 2.38. The first kappa shape index (κ1) is 17.3. The molecule has 0 aromatic heterocycles. The van der Waals surface area contributed by atoms with Crippen molar-refractivity contribution in [3.05, 3.63) is 0 Å². The van der Waals surface area contributed by atoms with Gasteiger partial charge in [-0.25, -0.2) is 0 Å². The van der Waals surface area contributed by atoms with E-state index < -0.39 is 11.9 Å². The van der Waals surface area contributed by atoms with Crippen LogP contribution in [0.15, 0.2) is 0 Å². The second kappa shape index (κ2) is 7.67.